The summed E-state index contributed by atoms with van der Waals surface area (Å²) in [5, 5.41) is 4.20. The van der Waals surface area contributed by atoms with Crippen LogP contribution in [0.25, 0.3) is 22.5 Å². The summed E-state index contributed by atoms with van der Waals surface area (Å²) in [6, 6.07) is 6.26. The number of hydrogen-bond acceptors (Lipinski definition) is 3. The van der Waals surface area contributed by atoms with Crippen LogP contribution in [0.5, 0.6) is 0 Å². The second-order valence-corrected chi connectivity index (χ2v) is 5.91. The number of thiophene rings is 1. The average molecular weight is 339 g/mol. The lowest BCUT2D eigenvalue weighted by atomic mass is 10.1. The van der Waals surface area contributed by atoms with Crippen LogP contribution in [0.3, 0.4) is 0 Å². The van der Waals surface area contributed by atoms with E-state index in [-0.39, 0.29) is 10.3 Å². The number of aryl methyl sites for hydroxylation is 1. The molecule has 0 N–H and O–H groups in total. The number of benzene rings is 1. The van der Waals surface area contributed by atoms with E-state index in [1.165, 1.54) is 6.07 Å². The summed E-state index contributed by atoms with van der Waals surface area (Å²) in [4.78, 5) is 8.53. The Kier molecular flexibility index (Phi) is 3.93. The van der Waals surface area contributed by atoms with Crippen molar-refractivity contribution in [3.8, 4) is 22.5 Å². The Balaban J connectivity index is 2.18. The highest BCUT2D eigenvalue weighted by Crippen LogP contribution is 2.36. The summed E-state index contributed by atoms with van der Waals surface area (Å²) < 4.78 is 13.9. The molecule has 0 unspecified atom stereocenters. The SMILES string of the molecule is Cc1cscc1-c1nc(Cl)c(-c2ccccc2F)c(Cl)n1. The van der Waals surface area contributed by atoms with Crippen molar-refractivity contribution in [2.45, 2.75) is 6.92 Å². The molecule has 0 amide bonds. The van der Waals surface area contributed by atoms with Gasteiger partial charge in [0, 0.05) is 16.5 Å². The van der Waals surface area contributed by atoms with Crippen LogP contribution in [0, 0.1) is 12.7 Å². The summed E-state index contributed by atoms with van der Waals surface area (Å²) in [6.07, 6.45) is 0. The van der Waals surface area contributed by atoms with Crippen molar-refractivity contribution in [2.24, 2.45) is 0 Å². The van der Waals surface area contributed by atoms with Gasteiger partial charge < -0.3 is 0 Å². The second kappa shape index (κ2) is 5.72. The lowest BCUT2D eigenvalue weighted by molar-refractivity contribution is 0.631. The maximum Gasteiger partial charge on any atom is 0.163 e. The van der Waals surface area contributed by atoms with Crippen molar-refractivity contribution in [3.63, 3.8) is 0 Å². The minimum absolute atomic E-state index is 0.140. The Morgan fingerprint density at radius 2 is 1.67 bits per heavy atom. The fourth-order valence-corrected chi connectivity index (χ4v) is 3.42. The van der Waals surface area contributed by atoms with Gasteiger partial charge in [-0.1, -0.05) is 41.4 Å². The molecule has 0 radical (unpaired) electrons. The first kappa shape index (κ1) is 14.4. The predicted octanol–water partition coefficient (Wildman–Crippen LogP) is 5.63. The maximum atomic E-state index is 13.9. The Bertz CT molecular complexity index is 794. The van der Waals surface area contributed by atoms with Crippen LogP contribution < -0.4 is 0 Å². The van der Waals surface area contributed by atoms with Crippen molar-refractivity contribution in [2.75, 3.05) is 0 Å². The zero-order valence-electron chi connectivity index (χ0n) is 10.9. The van der Waals surface area contributed by atoms with E-state index in [0.29, 0.717) is 17.0 Å². The fraction of sp³-hybridized carbons (Fsp3) is 0.0667. The van der Waals surface area contributed by atoms with Crippen LogP contribution in [-0.4, -0.2) is 9.97 Å². The average Bonchev–Trinajstić information content (AvgIpc) is 2.86. The van der Waals surface area contributed by atoms with Crippen molar-refractivity contribution < 1.29 is 4.39 Å². The molecule has 3 aromatic rings. The lowest BCUT2D eigenvalue weighted by Crippen LogP contribution is -1.96. The van der Waals surface area contributed by atoms with Crippen molar-refractivity contribution in [1.82, 2.24) is 9.97 Å². The monoisotopic (exact) mass is 338 g/mol. The molecule has 6 heteroatoms. The number of hydrogen-bond donors (Lipinski definition) is 0. The molecule has 0 spiro atoms. The molecule has 0 saturated carbocycles. The van der Waals surface area contributed by atoms with Crippen LogP contribution in [0.2, 0.25) is 10.3 Å². The molecular formula is C15H9Cl2FN2S. The van der Waals surface area contributed by atoms with Gasteiger partial charge >= 0.3 is 0 Å². The zero-order chi connectivity index (χ0) is 15.0. The third-order valence-electron chi connectivity index (χ3n) is 3.06. The summed E-state index contributed by atoms with van der Waals surface area (Å²) in [5.41, 5.74) is 2.53. The number of nitrogens with zero attached hydrogens (tertiary/aromatic N) is 2. The Labute approximate surface area is 135 Å². The molecule has 0 aliphatic heterocycles. The van der Waals surface area contributed by atoms with E-state index in [1.54, 1.807) is 29.5 Å². The van der Waals surface area contributed by atoms with E-state index in [2.05, 4.69) is 9.97 Å². The van der Waals surface area contributed by atoms with Gasteiger partial charge in [-0.15, -0.1) is 0 Å². The maximum absolute atomic E-state index is 13.9. The Morgan fingerprint density at radius 3 is 2.24 bits per heavy atom. The van der Waals surface area contributed by atoms with E-state index in [9.17, 15) is 4.39 Å². The highest BCUT2D eigenvalue weighted by molar-refractivity contribution is 7.08. The standard InChI is InChI=1S/C15H9Cl2FN2S/c1-8-6-21-7-10(8)15-19-13(16)12(14(17)20-15)9-4-2-3-5-11(9)18/h2-7H,1H3. The van der Waals surface area contributed by atoms with Crippen molar-refractivity contribution in [3.05, 3.63) is 56.7 Å². The van der Waals surface area contributed by atoms with E-state index in [0.717, 1.165) is 11.1 Å². The summed E-state index contributed by atoms with van der Waals surface area (Å²) in [5.74, 6) is 0.0354. The summed E-state index contributed by atoms with van der Waals surface area (Å²) >= 11 is 14.0. The van der Waals surface area contributed by atoms with Gasteiger partial charge in [-0.05, 0) is 23.9 Å². The highest BCUT2D eigenvalue weighted by Gasteiger charge is 2.18. The zero-order valence-corrected chi connectivity index (χ0v) is 13.2. The minimum atomic E-state index is -0.413. The van der Waals surface area contributed by atoms with Crippen molar-refractivity contribution in [1.29, 1.82) is 0 Å². The van der Waals surface area contributed by atoms with Gasteiger partial charge in [-0.25, -0.2) is 14.4 Å². The molecule has 1 aromatic carbocycles. The first-order chi connectivity index (χ1) is 10.1. The van der Waals surface area contributed by atoms with Gasteiger partial charge in [0.05, 0.1) is 5.56 Å². The van der Waals surface area contributed by atoms with Gasteiger partial charge in [0.15, 0.2) is 5.82 Å². The topological polar surface area (TPSA) is 25.8 Å². The van der Waals surface area contributed by atoms with Gasteiger partial charge in [-0.2, -0.15) is 11.3 Å². The number of aromatic nitrogens is 2. The minimum Gasteiger partial charge on any atom is -0.215 e. The van der Waals surface area contributed by atoms with E-state index in [1.807, 2.05) is 17.7 Å². The molecule has 0 atom stereocenters. The Hall–Kier alpha value is -1.49. The molecule has 0 fully saturated rings. The van der Waals surface area contributed by atoms with Gasteiger partial charge in [0.2, 0.25) is 0 Å². The first-order valence-corrected chi connectivity index (χ1v) is 7.79. The van der Waals surface area contributed by atoms with Crippen LogP contribution >= 0.6 is 34.5 Å². The van der Waals surface area contributed by atoms with E-state index >= 15 is 0 Å². The largest absolute Gasteiger partial charge is 0.215 e. The molecular weight excluding hydrogens is 330 g/mol. The molecule has 0 aliphatic carbocycles. The number of rotatable bonds is 2. The quantitative estimate of drug-likeness (QED) is 0.566. The molecule has 0 saturated heterocycles. The van der Waals surface area contributed by atoms with Crippen LogP contribution in [-0.2, 0) is 0 Å². The summed E-state index contributed by atoms with van der Waals surface area (Å²) in [7, 11) is 0. The van der Waals surface area contributed by atoms with Crippen LogP contribution in [0.15, 0.2) is 35.0 Å². The van der Waals surface area contributed by atoms with Crippen LogP contribution in [0.4, 0.5) is 4.39 Å². The molecule has 0 bridgehead atoms. The third-order valence-corrected chi connectivity index (χ3v) is 4.47. The smallest absolute Gasteiger partial charge is 0.163 e. The molecule has 2 heterocycles. The van der Waals surface area contributed by atoms with Gasteiger partial charge in [-0.3, -0.25) is 0 Å². The van der Waals surface area contributed by atoms with E-state index < -0.39 is 5.82 Å². The van der Waals surface area contributed by atoms with Gasteiger partial charge in [0.25, 0.3) is 0 Å². The summed E-state index contributed by atoms with van der Waals surface area (Å²) in [6.45, 7) is 1.96. The van der Waals surface area contributed by atoms with Gasteiger partial charge in [0.1, 0.15) is 16.1 Å². The molecule has 106 valence electrons. The lowest BCUT2D eigenvalue weighted by Gasteiger charge is -2.09. The highest BCUT2D eigenvalue weighted by atomic mass is 35.5. The first-order valence-electron chi connectivity index (χ1n) is 6.09. The fourth-order valence-electron chi connectivity index (χ4n) is 2.00. The normalized spacial score (nSPS) is 10.9. The Morgan fingerprint density at radius 1 is 1.00 bits per heavy atom. The van der Waals surface area contributed by atoms with Crippen LogP contribution in [0.1, 0.15) is 5.56 Å². The third kappa shape index (κ3) is 2.67. The molecule has 2 nitrogen and oxygen atoms in total. The molecule has 0 aliphatic rings. The van der Waals surface area contributed by atoms with E-state index in [4.69, 9.17) is 23.2 Å². The number of halogens is 3. The molecule has 2 aromatic heterocycles. The second-order valence-electron chi connectivity index (χ2n) is 4.45. The molecule has 3 rings (SSSR count). The molecule has 21 heavy (non-hydrogen) atoms. The predicted molar refractivity (Wildman–Crippen MR) is 85.5 cm³/mol. The van der Waals surface area contributed by atoms with Crippen molar-refractivity contribution >= 4 is 34.5 Å².